The van der Waals surface area contributed by atoms with Gasteiger partial charge in [0.15, 0.2) is 5.84 Å². The smallest absolute Gasteiger partial charge is 0.188 e. The third kappa shape index (κ3) is 5.03. The van der Waals surface area contributed by atoms with Crippen molar-refractivity contribution in [2.75, 3.05) is 6.61 Å². The summed E-state index contributed by atoms with van der Waals surface area (Å²) in [7, 11) is 0. The third-order valence-corrected chi connectivity index (χ3v) is 2.62. The van der Waals surface area contributed by atoms with Gasteiger partial charge >= 0.3 is 0 Å². The predicted octanol–water partition coefficient (Wildman–Crippen LogP) is 2.53. The summed E-state index contributed by atoms with van der Waals surface area (Å²) in [4.78, 5) is 3.98. The molecule has 0 unspecified atom stereocenters. The molecule has 18 heavy (non-hydrogen) atoms. The molecule has 1 aromatic heterocycles. The van der Waals surface area contributed by atoms with E-state index in [9.17, 15) is 0 Å². The number of ether oxygens (including phenoxy) is 1. The average molecular weight is 251 g/mol. The van der Waals surface area contributed by atoms with Crippen molar-refractivity contribution in [2.24, 2.45) is 10.9 Å². The Hall–Kier alpha value is -1.78. The number of hydrogen-bond acceptors (Lipinski definition) is 4. The van der Waals surface area contributed by atoms with Crippen molar-refractivity contribution >= 4 is 5.84 Å². The van der Waals surface area contributed by atoms with Gasteiger partial charge in [0.2, 0.25) is 0 Å². The Morgan fingerprint density at radius 2 is 2.17 bits per heavy atom. The second kappa shape index (κ2) is 8.33. The molecule has 0 aliphatic carbocycles. The van der Waals surface area contributed by atoms with Crippen molar-refractivity contribution < 1.29 is 9.94 Å². The van der Waals surface area contributed by atoms with Gasteiger partial charge < -0.3 is 15.7 Å². The first-order chi connectivity index (χ1) is 8.77. The summed E-state index contributed by atoms with van der Waals surface area (Å²) < 4.78 is 5.59. The topological polar surface area (TPSA) is 80.7 Å². The highest BCUT2D eigenvalue weighted by Crippen LogP contribution is 2.12. The van der Waals surface area contributed by atoms with E-state index in [1.54, 1.807) is 18.3 Å². The molecule has 0 atom stereocenters. The molecule has 1 aromatic rings. The third-order valence-electron chi connectivity index (χ3n) is 2.62. The fraction of sp³-hybridized carbons (Fsp3) is 0.538. The van der Waals surface area contributed by atoms with Gasteiger partial charge in [-0.2, -0.15) is 0 Å². The zero-order valence-corrected chi connectivity index (χ0v) is 10.8. The quantitative estimate of drug-likeness (QED) is 0.244. The first-order valence-corrected chi connectivity index (χ1v) is 6.34. The SMILES string of the molecule is CCCCCCCOc1ccnc(C(N)=NO)c1. The average Bonchev–Trinajstić information content (AvgIpc) is 2.42. The summed E-state index contributed by atoms with van der Waals surface area (Å²) in [6, 6.07) is 3.43. The number of amidine groups is 1. The minimum atomic E-state index is -0.0107. The Morgan fingerprint density at radius 1 is 1.39 bits per heavy atom. The van der Waals surface area contributed by atoms with E-state index in [-0.39, 0.29) is 5.84 Å². The Labute approximate surface area is 108 Å². The van der Waals surface area contributed by atoms with Crippen LogP contribution in [0.15, 0.2) is 23.5 Å². The maximum Gasteiger partial charge on any atom is 0.188 e. The molecule has 5 nitrogen and oxygen atoms in total. The molecule has 5 heteroatoms. The standard InChI is InChI=1S/C13H21N3O2/c1-2-3-4-5-6-9-18-11-7-8-15-12(10-11)13(14)16-17/h7-8,10,17H,2-6,9H2,1H3,(H2,14,16). The molecule has 0 saturated carbocycles. The van der Waals surface area contributed by atoms with Gasteiger partial charge in [0.1, 0.15) is 11.4 Å². The van der Waals surface area contributed by atoms with E-state index in [2.05, 4.69) is 17.1 Å². The van der Waals surface area contributed by atoms with Crippen LogP contribution < -0.4 is 10.5 Å². The van der Waals surface area contributed by atoms with Crippen LogP contribution in [-0.2, 0) is 0 Å². The van der Waals surface area contributed by atoms with Gasteiger partial charge in [0.05, 0.1) is 6.61 Å². The Bertz CT molecular complexity index is 380. The molecule has 100 valence electrons. The van der Waals surface area contributed by atoms with Gasteiger partial charge in [-0.3, -0.25) is 4.98 Å². The number of pyridine rings is 1. The Balaban J connectivity index is 2.34. The van der Waals surface area contributed by atoms with Crippen LogP contribution in [0.1, 0.15) is 44.7 Å². The van der Waals surface area contributed by atoms with Gasteiger partial charge in [-0.25, -0.2) is 0 Å². The first-order valence-electron chi connectivity index (χ1n) is 6.34. The fourth-order valence-corrected chi connectivity index (χ4v) is 1.59. The van der Waals surface area contributed by atoms with Crippen LogP contribution in [0, 0.1) is 0 Å². The zero-order valence-electron chi connectivity index (χ0n) is 10.8. The molecule has 3 N–H and O–H groups in total. The molecule has 1 heterocycles. The molecule has 0 fully saturated rings. The van der Waals surface area contributed by atoms with E-state index in [0.717, 1.165) is 6.42 Å². The lowest BCUT2D eigenvalue weighted by Gasteiger charge is -2.06. The van der Waals surface area contributed by atoms with E-state index in [1.165, 1.54) is 25.7 Å². The van der Waals surface area contributed by atoms with Crippen molar-refractivity contribution in [2.45, 2.75) is 39.0 Å². The maximum atomic E-state index is 8.56. The minimum absolute atomic E-state index is 0.0107. The maximum absolute atomic E-state index is 8.56. The van der Waals surface area contributed by atoms with Crippen LogP contribution >= 0.6 is 0 Å². The van der Waals surface area contributed by atoms with E-state index >= 15 is 0 Å². The number of unbranched alkanes of at least 4 members (excludes halogenated alkanes) is 4. The predicted molar refractivity (Wildman–Crippen MR) is 71.0 cm³/mol. The van der Waals surface area contributed by atoms with Crippen LogP contribution in [0.3, 0.4) is 0 Å². The highest BCUT2D eigenvalue weighted by atomic mass is 16.5. The lowest BCUT2D eigenvalue weighted by Crippen LogP contribution is -2.14. The molecule has 0 amide bonds. The lowest BCUT2D eigenvalue weighted by atomic mass is 10.2. The highest BCUT2D eigenvalue weighted by molar-refractivity contribution is 5.95. The van der Waals surface area contributed by atoms with Gasteiger partial charge in [0.25, 0.3) is 0 Å². The minimum Gasteiger partial charge on any atom is -0.493 e. The van der Waals surface area contributed by atoms with E-state index in [1.807, 2.05) is 0 Å². The molecule has 0 aliphatic rings. The first kappa shape index (κ1) is 14.3. The Kier molecular flexibility index (Phi) is 6.61. The normalized spacial score (nSPS) is 11.5. The van der Waals surface area contributed by atoms with Crippen LogP contribution in [0.5, 0.6) is 5.75 Å². The van der Waals surface area contributed by atoms with Gasteiger partial charge in [-0.1, -0.05) is 37.8 Å². The van der Waals surface area contributed by atoms with Gasteiger partial charge in [0, 0.05) is 12.3 Å². The zero-order chi connectivity index (χ0) is 13.2. The van der Waals surface area contributed by atoms with Crippen LogP contribution in [0.4, 0.5) is 0 Å². The second-order valence-electron chi connectivity index (χ2n) is 4.12. The van der Waals surface area contributed by atoms with Crippen molar-refractivity contribution in [3.63, 3.8) is 0 Å². The lowest BCUT2D eigenvalue weighted by molar-refractivity contribution is 0.304. The number of oxime groups is 1. The van der Waals surface area contributed by atoms with E-state index < -0.39 is 0 Å². The van der Waals surface area contributed by atoms with Gasteiger partial charge in [-0.05, 0) is 12.5 Å². The molecular formula is C13H21N3O2. The molecule has 0 saturated heterocycles. The largest absolute Gasteiger partial charge is 0.493 e. The van der Waals surface area contributed by atoms with Crippen LogP contribution in [0.2, 0.25) is 0 Å². The number of rotatable bonds is 8. The molecule has 0 aromatic carbocycles. The summed E-state index contributed by atoms with van der Waals surface area (Å²) in [5.74, 6) is 0.686. The summed E-state index contributed by atoms with van der Waals surface area (Å²) >= 11 is 0. The van der Waals surface area contributed by atoms with Crippen molar-refractivity contribution in [1.82, 2.24) is 4.98 Å². The van der Waals surface area contributed by atoms with Crippen molar-refractivity contribution in [1.29, 1.82) is 0 Å². The molecule has 1 rings (SSSR count). The van der Waals surface area contributed by atoms with Gasteiger partial charge in [-0.15, -0.1) is 0 Å². The Morgan fingerprint density at radius 3 is 2.89 bits per heavy atom. The number of nitrogens with two attached hydrogens (primary N) is 1. The van der Waals surface area contributed by atoms with Crippen LogP contribution in [-0.4, -0.2) is 22.6 Å². The second-order valence-corrected chi connectivity index (χ2v) is 4.12. The number of aromatic nitrogens is 1. The molecule has 0 radical (unpaired) electrons. The molecule has 0 spiro atoms. The summed E-state index contributed by atoms with van der Waals surface area (Å²) in [5, 5.41) is 11.5. The highest BCUT2D eigenvalue weighted by Gasteiger charge is 2.02. The van der Waals surface area contributed by atoms with Crippen molar-refractivity contribution in [3.05, 3.63) is 24.0 Å². The number of hydrogen-bond donors (Lipinski definition) is 2. The van der Waals surface area contributed by atoms with Crippen molar-refractivity contribution in [3.8, 4) is 5.75 Å². The summed E-state index contributed by atoms with van der Waals surface area (Å²) in [5.41, 5.74) is 5.87. The summed E-state index contributed by atoms with van der Waals surface area (Å²) in [6.07, 6.45) is 7.59. The molecule has 0 aliphatic heterocycles. The fourth-order valence-electron chi connectivity index (χ4n) is 1.59. The number of nitrogens with zero attached hydrogens (tertiary/aromatic N) is 2. The van der Waals surface area contributed by atoms with E-state index in [4.69, 9.17) is 15.7 Å². The monoisotopic (exact) mass is 251 g/mol. The van der Waals surface area contributed by atoms with Crippen LogP contribution in [0.25, 0.3) is 0 Å². The summed E-state index contributed by atoms with van der Waals surface area (Å²) in [6.45, 7) is 2.88. The molecule has 0 bridgehead atoms. The van der Waals surface area contributed by atoms with E-state index in [0.29, 0.717) is 18.1 Å². The molecular weight excluding hydrogens is 230 g/mol.